The Morgan fingerprint density at radius 2 is 1.78 bits per heavy atom. The van der Waals surface area contributed by atoms with Gasteiger partial charge in [0.05, 0.1) is 17.4 Å². The van der Waals surface area contributed by atoms with Gasteiger partial charge >= 0.3 is 6.36 Å². The van der Waals surface area contributed by atoms with Gasteiger partial charge in [0, 0.05) is 22.9 Å². The second-order valence-electron chi connectivity index (χ2n) is 7.70. The standard InChI is InChI=1S/C25H22F3N2O2/c1-17-18(2)30(16-24(31)20-9-6-10-21(13-20)32-25(26,27)28)23-11-12-29(15-22(17)23)14-19-7-4-3-5-8-19/h3-13,15H,14,16H2,1-2H3/q+1. The molecule has 4 nitrogen and oxygen atoms in total. The van der Waals surface area contributed by atoms with Gasteiger partial charge in [-0.2, -0.15) is 0 Å². The van der Waals surface area contributed by atoms with Crippen molar-refractivity contribution in [1.29, 1.82) is 0 Å². The van der Waals surface area contributed by atoms with Crippen LogP contribution in [0.2, 0.25) is 0 Å². The zero-order valence-corrected chi connectivity index (χ0v) is 17.7. The van der Waals surface area contributed by atoms with Crippen LogP contribution in [0, 0.1) is 13.8 Å². The molecule has 0 saturated heterocycles. The van der Waals surface area contributed by atoms with Crippen molar-refractivity contribution >= 4 is 16.7 Å². The highest BCUT2D eigenvalue weighted by atomic mass is 19.4. The molecular weight excluding hydrogens is 417 g/mol. The van der Waals surface area contributed by atoms with Gasteiger partial charge in [0.2, 0.25) is 0 Å². The number of fused-ring (bicyclic) bond motifs is 1. The van der Waals surface area contributed by atoms with Crippen molar-refractivity contribution in [1.82, 2.24) is 4.57 Å². The molecular formula is C25H22F3N2O2+. The molecule has 0 saturated carbocycles. The molecule has 0 unspecified atom stereocenters. The molecule has 2 aromatic heterocycles. The Hall–Kier alpha value is -3.61. The number of nitrogens with zero attached hydrogens (tertiary/aromatic N) is 2. The monoisotopic (exact) mass is 439 g/mol. The maximum Gasteiger partial charge on any atom is 0.573 e. The predicted molar refractivity (Wildman–Crippen MR) is 115 cm³/mol. The number of ether oxygens (including phenoxy) is 1. The fourth-order valence-corrected chi connectivity index (χ4v) is 3.83. The Morgan fingerprint density at radius 1 is 1.03 bits per heavy atom. The van der Waals surface area contributed by atoms with E-state index in [0.29, 0.717) is 0 Å². The van der Waals surface area contributed by atoms with Gasteiger partial charge in [-0.25, -0.2) is 4.57 Å². The molecule has 7 heteroatoms. The molecule has 0 aliphatic heterocycles. The third kappa shape index (κ3) is 4.66. The van der Waals surface area contributed by atoms with E-state index >= 15 is 0 Å². The Bertz CT molecular complexity index is 1280. The van der Waals surface area contributed by atoms with Crippen LogP contribution in [0.5, 0.6) is 5.75 Å². The van der Waals surface area contributed by atoms with E-state index in [4.69, 9.17) is 0 Å². The van der Waals surface area contributed by atoms with Crippen LogP contribution in [0.3, 0.4) is 0 Å². The van der Waals surface area contributed by atoms with E-state index in [0.717, 1.165) is 34.8 Å². The fourth-order valence-electron chi connectivity index (χ4n) is 3.83. The first-order valence-corrected chi connectivity index (χ1v) is 10.1. The van der Waals surface area contributed by atoms with Crippen molar-refractivity contribution in [3.63, 3.8) is 0 Å². The van der Waals surface area contributed by atoms with Crippen LogP contribution >= 0.6 is 0 Å². The maximum atomic E-state index is 12.9. The Morgan fingerprint density at radius 3 is 2.50 bits per heavy atom. The van der Waals surface area contributed by atoms with E-state index in [1.165, 1.54) is 23.8 Å². The lowest BCUT2D eigenvalue weighted by atomic mass is 10.1. The Labute approximate surface area is 183 Å². The number of aryl methyl sites for hydroxylation is 1. The Balaban J connectivity index is 1.61. The molecule has 32 heavy (non-hydrogen) atoms. The summed E-state index contributed by atoms with van der Waals surface area (Å²) in [7, 11) is 0. The number of pyridine rings is 1. The number of carbonyl (C=O) groups excluding carboxylic acids is 1. The van der Waals surface area contributed by atoms with Gasteiger partial charge in [0.25, 0.3) is 0 Å². The third-order valence-electron chi connectivity index (χ3n) is 5.54. The minimum Gasteiger partial charge on any atom is -0.406 e. The van der Waals surface area contributed by atoms with E-state index in [2.05, 4.69) is 27.6 Å². The summed E-state index contributed by atoms with van der Waals surface area (Å²) in [4.78, 5) is 12.9. The molecule has 2 aromatic carbocycles. The number of ketones is 1. The smallest absolute Gasteiger partial charge is 0.406 e. The van der Waals surface area contributed by atoms with Crippen molar-refractivity contribution in [3.05, 3.63) is 95.4 Å². The molecule has 4 rings (SSSR count). The first-order valence-electron chi connectivity index (χ1n) is 10.1. The fraction of sp³-hybridized carbons (Fsp3) is 0.200. The minimum atomic E-state index is -4.80. The van der Waals surface area contributed by atoms with E-state index in [9.17, 15) is 18.0 Å². The normalized spacial score (nSPS) is 11.7. The average molecular weight is 439 g/mol. The molecule has 0 amide bonds. The molecule has 4 aromatic rings. The molecule has 0 aliphatic carbocycles. The number of halogens is 3. The summed E-state index contributed by atoms with van der Waals surface area (Å²) in [6, 6.07) is 17.3. The van der Waals surface area contributed by atoms with E-state index in [1.807, 2.05) is 48.9 Å². The Kier molecular flexibility index (Phi) is 5.74. The van der Waals surface area contributed by atoms with Gasteiger partial charge in [-0.05, 0) is 31.5 Å². The van der Waals surface area contributed by atoms with Crippen LogP contribution in [-0.4, -0.2) is 16.7 Å². The van der Waals surface area contributed by atoms with E-state index < -0.39 is 12.1 Å². The summed E-state index contributed by atoms with van der Waals surface area (Å²) in [5.74, 6) is -0.700. The molecule has 0 N–H and O–H groups in total. The highest BCUT2D eigenvalue weighted by molar-refractivity contribution is 5.97. The molecule has 164 valence electrons. The number of Topliss-reactive ketones (excluding diaryl/α,β-unsaturated/α-hetero) is 1. The summed E-state index contributed by atoms with van der Waals surface area (Å²) in [6.07, 6.45) is -0.780. The third-order valence-corrected chi connectivity index (χ3v) is 5.54. The van der Waals surface area contributed by atoms with Crippen LogP contribution in [0.4, 0.5) is 13.2 Å². The summed E-state index contributed by atoms with van der Waals surface area (Å²) in [5.41, 5.74) is 4.25. The number of carbonyl (C=O) groups is 1. The zero-order chi connectivity index (χ0) is 22.9. The van der Waals surface area contributed by atoms with Gasteiger partial charge in [-0.3, -0.25) is 4.79 Å². The molecule has 0 bridgehead atoms. The highest BCUT2D eigenvalue weighted by Crippen LogP contribution is 2.26. The summed E-state index contributed by atoms with van der Waals surface area (Å²) >= 11 is 0. The van der Waals surface area contributed by atoms with Crippen molar-refractivity contribution in [2.75, 3.05) is 0 Å². The molecule has 0 aliphatic rings. The lowest BCUT2D eigenvalue weighted by Crippen LogP contribution is -2.33. The van der Waals surface area contributed by atoms with Crippen LogP contribution in [0.15, 0.2) is 73.1 Å². The minimum absolute atomic E-state index is 0.0222. The van der Waals surface area contributed by atoms with E-state index in [1.54, 1.807) is 0 Å². The number of aromatic nitrogens is 2. The topological polar surface area (TPSA) is 35.1 Å². The van der Waals surface area contributed by atoms with Crippen LogP contribution in [0.25, 0.3) is 10.9 Å². The van der Waals surface area contributed by atoms with Gasteiger partial charge in [-0.1, -0.05) is 42.5 Å². The van der Waals surface area contributed by atoms with Crippen molar-refractivity contribution < 1.29 is 27.3 Å². The maximum absolute atomic E-state index is 12.9. The number of benzene rings is 2. The number of alkyl halides is 3. The van der Waals surface area contributed by atoms with Crippen molar-refractivity contribution in [2.24, 2.45) is 0 Å². The second-order valence-corrected chi connectivity index (χ2v) is 7.70. The van der Waals surface area contributed by atoms with Crippen LogP contribution < -0.4 is 9.30 Å². The SMILES string of the molecule is Cc1c(C)n(CC(=O)c2cccc(OC(F)(F)F)c2)c2cc[n+](Cc3ccccc3)cc12. The van der Waals surface area contributed by atoms with Gasteiger partial charge in [0.15, 0.2) is 24.7 Å². The average Bonchev–Trinajstić information content (AvgIpc) is 2.98. The molecule has 0 atom stereocenters. The van der Waals surface area contributed by atoms with Gasteiger partial charge < -0.3 is 9.30 Å². The van der Waals surface area contributed by atoms with E-state index in [-0.39, 0.29) is 17.9 Å². The number of hydrogen-bond donors (Lipinski definition) is 0. The van der Waals surface area contributed by atoms with Crippen molar-refractivity contribution in [3.8, 4) is 5.75 Å². The van der Waals surface area contributed by atoms with Crippen LogP contribution in [0.1, 0.15) is 27.2 Å². The number of rotatable bonds is 6. The molecule has 0 spiro atoms. The molecule has 0 fully saturated rings. The molecule has 0 radical (unpaired) electrons. The first-order chi connectivity index (χ1) is 15.2. The summed E-state index contributed by atoms with van der Waals surface area (Å²) < 4.78 is 45.5. The van der Waals surface area contributed by atoms with Crippen LogP contribution in [-0.2, 0) is 13.1 Å². The highest BCUT2D eigenvalue weighted by Gasteiger charge is 2.31. The lowest BCUT2D eigenvalue weighted by molar-refractivity contribution is -0.687. The first kappa shape index (κ1) is 21.6. The second kappa shape index (κ2) is 8.49. The van der Waals surface area contributed by atoms with Gasteiger partial charge in [-0.15, -0.1) is 13.2 Å². The zero-order valence-electron chi connectivity index (χ0n) is 17.7. The summed E-state index contributed by atoms with van der Waals surface area (Å²) in [6.45, 7) is 4.69. The van der Waals surface area contributed by atoms with Gasteiger partial charge in [0.1, 0.15) is 5.75 Å². The molecule has 2 heterocycles. The largest absolute Gasteiger partial charge is 0.573 e. The van der Waals surface area contributed by atoms with Crippen molar-refractivity contribution in [2.45, 2.75) is 33.3 Å². The summed E-state index contributed by atoms with van der Waals surface area (Å²) in [5, 5.41) is 1.03. The number of hydrogen-bond acceptors (Lipinski definition) is 2. The lowest BCUT2D eigenvalue weighted by Gasteiger charge is -2.11. The predicted octanol–water partition coefficient (Wildman–Crippen LogP) is 5.38. The quantitative estimate of drug-likeness (QED) is 0.299.